The van der Waals surface area contributed by atoms with Crippen molar-refractivity contribution in [3.8, 4) is 33.6 Å². The molecule has 0 saturated carbocycles. The van der Waals surface area contributed by atoms with Crippen LogP contribution in [0.25, 0.3) is 33.6 Å². The van der Waals surface area contributed by atoms with Gasteiger partial charge in [0.05, 0.1) is 10.6 Å². The zero-order valence-electron chi connectivity index (χ0n) is 15.2. The van der Waals surface area contributed by atoms with Crippen molar-refractivity contribution >= 4 is 10.0 Å². The van der Waals surface area contributed by atoms with Crippen molar-refractivity contribution in [2.45, 2.75) is 11.1 Å². The Labute approximate surface area is 169 Å². The van der Waals surface area contributed by atoms with Crippen LogP contribution in [0.5, 0.6) is 0 Å². The summed E-state index contributed by atoms with van der Waals surface area (Å²) in [4.78, 5) is 2.73. The van der Waals surface area contributed by atoms with Gasteiger partial charge in [-0.1, -0.05) is 36.4 Å². The predicted octanol–water partition coefficient (Wildman–Crippen LogP) is 4.41. The minimum atomic E-state index is -4.68. The van der Waals surface area contributed by atoms with E-state index in [2.05, 4.69) is 15.2 Å². The Hall–Kier alpha value is -3.37. The molecule has 0 bridgehead atoms. The van der Waals surface area contributed by atoms with Gasteiger partial charge < -0.3 is 4.98 Å². The van der Waals surface area contributed by atoms with Crippen LogP contribution in [0.3, 0.4) is 0 Å². The van der Waals surface area contributed by atoms with Crippen LogP contribution in [0.2, 0.25) is 0 Å². The van der Waals surface area contributed by atoms with Crippen molar-refractivity contribution < 1.29 is 21.6 Å². The highest BCUT2D eigenvalue weighted by molar-refractivity contribution is 7.89. The van der Waals surface area contributed by atoms with Crippen molar-refractivity contribution in [2.24, 2.45) is 5.14 Å². The largest absolute Gasteiger partial charge is 0.420 e. The third-order valence-electron chi connectivity index (χ3n) is 4.61. The third-order valence-corrected chi connectivity index (χ3v) is 5.54. The highest BCUT2D eigenvalue weighted by Gasteiger charge is 2.39. The van der Waals surface area contributed by atoms with Crippen molar-refractivity contribution in [1.82, 2.24) is 15.2 Å². The van der Waals surface area contributed by atoms with Crippen molar-refractivity contribution in [2.75, 3.05) is 0 Å². The number of hydrogen-bond acceptors (Lipinski definition) is 3. The lowest BCUT2D eigenvalue weighted by Crippen LogP contribution is -2.12. The first-order valence-corrected chi connectivity index (χ1v) is 10.2. The number of alkyl halides is 3. The Morgan fingerprint density at radius 2 is 1.43 bits per heavy atom. The lowest BCUT2D eigenvalue weighted by Gasteiger charge is -2.11. The number of aromatic nitrogens is 3. The smallest absolute Gasteiger partial charge is 0.367 e. The molecule has 0 aliphatic rings. The van der Waals surface area contributed by atoms with Gasteiger partial charge >= 0.3 is 6.18 Å². The number of sulfonamides is 1. The van der Waals surface area contributed by atoms with Crippen LogP contribution < -0.4 is 5.14 Å². The molecule has 0 amide bonds. The fourth-order valence-corrected chi connectivity index (χ4v) is 3.69. The predicted molar refractivity (Wildman–Crippen MR) is 106 cm³/mol. The summed E-state index contributed by atoms with van der Waals surface area (Å²) < 4.78 is 64.5. The van der Waals surface area contributed by atoms with Crippen molar-refractivity contribution in [3.05, 3.63) is 72.6 Å². The number of benzene rings is 2. The van der Waals surface area contributed by atoms with E-state index < -0.39 is 21.8 Å². The molecule has 0 saturated heterocycles. The highest BCUT2D eigenvalue weighted by Crippen LogP contribution is 2.42. The Balaban J connectivity index is 1.78. The van der Waals surface area contributed by atoms with Gasteiger partial charge in [0, 0.05) is 23.5 Å². The summed E-state index contributed by atoms with van der Waals surface area (Å²) in [5.41, 5.74) is 0.767. The quantitative estimate of drug-likeness (QED) is 0.445. The fourth-order valence-electron chi connectivity index (χ4n) is 3.17. The SMILES string of the molecule is NS(=O)(=O)c1ccc(-c2[nH]nc(-c3ccc(-c4cc[nH]c4)cc3)c2C(F)(F)F)cc1. The molecule has 6 nitrogen and oxygen atoms in total. The standard InChI is InChI=1S/C20H15F3N4O2S/c21-20(22,23)17-18(13-3-1-12(2-4-13)15-9-10-25-11-15)26-27-19(17)14-5-7-16(8-6-14)30(24,28)29/h1-11,25H,(H,26,27)(H2,24,28,29). The zero-order chi connectivity index (χ0) is 21.5. The first-order chi connectivity index (χ1) is 14.1. The van der Waals surface area contributed by atoms with E-state index in [9.17, 15) is 21.6 Å². The van der Waals surface area contributed by atoms with Gasteiger partial charge in [0.2, 0.25) is 10.0 Å². The molecule has 4 aromatic rings. The lowest BCUT2D eigenvalue weighted by molar-refractivity contribution is -0.136. The molecule has 0 radical (unpaired) electrons. The van der Waals surface area contributed by atoms with E-state index in [-0.39, 0.29) is 21.8 Å². The van der Waals surface area contributed by atoms with E-state index in [1.165, 1.54) is 12.1 Å². The summed E-state index contributed by atoms with van der Waals surface area (Å²) in [7, 11) is -3.95. The molecule has 0 aliphatic carbocycles. The number of aromatic amines is 2. The Morgan fingerprint density at radius 1 is 0.833 bits per heavy atom. The molecule has 4 rings (SSSR count). The van der Waals surface area contributed by atoms with Gasteiger partial charge in [0.25, 0.3) is 0 Å². The number of nitrogens with one attached hydrogen (secondary N) is 2. The number of primary sulfonamides is 1. The molecule has 2 aromatic heterocycles. The van der Waals surface area contributed by atoms with Crippen LogP contribution in [-0.2, 0) is 16.2 Å². The second-order valence-electron chi connectivity index (χ2n) is 6.57. The molecule has 154 valence electrons. The maximum atomic E-state index is 13.9. The van der Waals surface area contributed by atoms with Crippen LogP contribution in [-0.4, -0.2) is 23.6 Å². The van der Waals surface area contributed by atoms with Gasteiger partial charge in [-0.2, -0.15) is 18.3 Å². The monoisotopic (exact) mass is 432 g/mol. The molecule has 0 fully saturated rings. The number of halogens is 3. The first-order valence-electron chi connectivity index (χ1n) is 8.67. The summed E-state index contributed by atoms with van der Waals surface area (Å²) >= 11 is 0. The van der Waals surface area contributed by atoms with Crippen molar-refractivity contribution in [3.63, 3.8) is 0 Å². The van der Waals surface area contributed by atoms with Gasteiger partial charge in [-0.15, -0.1) is 0 Å². The molecule has 4 N–H and O–H groups in total. The molecule has 2 heterocycles. The number of nitrogens with two attached hydrogens (primary N) is 1. The molecule has 2 aromatic carbocycles. The second-order valence-corrected chi connectivity index (χ2v) is 8.13. The average Bonchev–Trinajstić information content (AvgIpc) is 3.37. The van der Waals surface area contributed by atoms with Crippen LogP contribution in [0.15, 0.2) is 71.9 Å². The van der Waals surface area contributed by atoms with E-state index in [4.69, 9.17) is 5.14 Å². The van der Waals surface area contributed by atoms with Gasteiger partial charge in [0.15, 0.2) is 0 Å². The normalized spacial score (nSPS) is 12.3. The molecule has 0 spiro atoms. The van der Waals surface area contributed by atoms with Crippen LogP contribution in [0.1, 0.15) is 5.56 Å². The molecule has 10 heteroatoms. The maximum absolute atomic E-state index is 13.9. The zero-order valence-corrected chi connectivity index (χ0v) is 16.1. The van der Waals surface area contributed by atoms with E-state index in [1.54, 1.807) is 36.7 Å². The molecule has 0 aliphatic heterocycles. The Kier molecular flexibility index (Phi) is 4.75. The van der Waals surface area contributed by atoms with E-state index in [0.29, 0.717) is 5.56 Å². The van der Waals surface area contributed by atoms with Crippen LogP contribution in [0, 0.1) is 0 Å². The fraction of sp³-hybridized carbons (Fsp3) is 0.0500. The maximum Gasteiger partial charge on any atom is 0.420 e. The minimum absolute atomic E-state index is 0.136. The Morgan fingerprint density at radius 3 is 1.97 bits per heavy atom. The summed E-state index contributed by atoms with van der Waals surface area (Å²) in [6.45, 7) is 0. The second kappa shape index (κ2) is 7.15. The van der Waals surface area contributed by atoms with Crippen molar-refractivity contribution in [1.29, 1.82) is 0 Å². The van der Waals surface area contributed by atoms with Gasteiger partial charge in [0.1, 0.15) is 11.3 Å². The summed E-state index contributed by atoms with van der Waals surface area (Å²) in [5, 5.41) is 11.4. The van der Waals surface area contributed by atoms with Crippen LogP contribution in [0.4, 0.5) is 13.2 Å². The molecule has 0 atom stereocenters. The lowest BCUT2D eigenvalue weighted by atomic mass is 9.99. The molecule has 30 heavy (non-hydrogen) atoms. The topological polar surface area (TPSA) is 105 Å². The molecular weight excluding hydrogens is 417 g/mol. The summed E-state index contributed by atoms with van der Waals surface area (Å²) in [6.07, 6.45) is -1.14. The first kappa shape index (κ1) is 19.9. The van der Waals surface area contributed by atoms with E-state index >= 15 is 0 Å². The van der Waals surface area contributed by atoms with E-state index in [0.717, 1.165) is 23.3 Å². The molecular formula is C20H15F3N4O2S. The van der Waals surface area contributed by atoms with Gasteiger partial charge in [-0.3, -0.25) is 5.10 Å². The Bertz CT molecular complexity index is 1280. The van der Waals surface area contributed by atoms with Crippen LogP contribution >= 0.6 is 0 Å². The number of rotatable bonds is 4. The van der Waals surface area contributed by atoms with Gasteiger partial charge in [-0.25, -0.2) is 13.6 Å². The summed E-state index contributed by atoms with van der Waals surface area (Å²) in [5.74, 6) is 0. The molecule has 0 unspecified atom stereocenters. The third kappa shape index (κ3) is 3.74. The minimum Gasteiger partial charge on any atom is -0.367 e. The average molecular weight is 432 g/mol. The number of hydrogen-bond donors (Lipinski definition) is 3. The highest BCUT2D eigenvalue weighted by atomic mass is 32.2. The van der Waals surface area contributed by atoms with Gasteiger partial charge in [-0.05, 0) is 29.3 Å². The number of nitrogens with zero attached hydrogens (tertiary/aromatic N) is 1. The summed E-state index contributed by atoms with van der Waals surface area (Å²) in [6, 6.07) is 13.2. The van der Waals surface area contributed by atoms with E-state index in [1.807, 2.05) is 6.07 Å². The number of H-pyrrole nitrogens is 2.